The molecule has 2 aromatic carbocycles. The second kappa shape index (κ2) is 6.62. The third kappa shape index (κ3) is 2.68. The maximum atomic E-state index is 14.8. The minimum Gasteiger partial charge on any atom is -0.481 e. The van der Waals surface area contributed by atoms with Crippen LogP contribution in [-0.2, 0) is 24.0 Å². The van der Waals surface area contributed by atoms with Gasteiger partial charge in [-0.1, -0.05) is 18.2 Å². The zero-order valence-electron chi connectivity index (χ0n) is 18.3. The average molecular weight is 481 g/mol. The molecule has 8 rings (SSSR count). The van der Waals surface area contributed by atoms with Gasteiger partial charge in [0.1, 0.15) is 12.4 Å². The van der Waals surface area contributed by atoms with Crippen molar-refractivity contribution in [2.45, 2.75) is 43.4 Å². The van der Waals surface area contributed by atoms with Crippen molar-refractivity contribution in [3.63, 3.8) is 0 Å². The first-order chi connectivity index (χ1) is 16.7. The molecule has 1 aromatic heterocycles. The highest BCUT2D eigenvalue weighted by Gasteiger charge is 2.95. The summed E-state index contributed by atoms with van der Waals surface area (Å²) in [5.41, 5.74) is 2.46. The fourth-order valence-electron chi connectivity index (χ4n) is 6.84. The number of carboxylic acid groups (broad SMARTS) is 1. The van der Waals surface area contributed by atoms with E-state index in [1.807, 2.05) is 0 Å². The molecule has 8 heteroatoms. The molecule has 5 atom stereocenters. The number of ether oxygens (including phenoxy) is 1. The van der Waals surface area contributed by atoms with Gasteiger partial charge in [0.25, 0.3) is 0 Å². The lowest BCUT2D eigenvalue weighted by atomic mass is 9.88. The molecule has 2 bridgehead atoms. The van der Waals surface area contributed by atoms with Gasteiger partial charge in [0.15, 0.2) is 0 Å². The van der Waals surface area contributed by atoms with E-state index in [0.29, 0.717) is 24.0 Å². The topological polar surface area (TPSA) is 59.4 Å². The van der Waals surface area contributed by atoms with E-state index in [2.05, 4.69) is 4.98 Å². The SMILES string of the molecule is O=C(O)[C@]12C3c4cc(OCc5cc6c(cc5F)CCC6c5ccccc5C(F)(F)F)ncc4[C@H]1[C@@H]32. The molecule has 0 spiro atoms. The van der Waals surface area contributed by atoms with Crippen molar-refractivity contribution in [3.05, 3.63) is 93.4 Å². The second-order valence-corrected chi connectivity index (χ2v) is 9.98. The predicted octanol–water partition coefficient (Wildman–Crippen LogP) is 5.79. The molecule has 3 aromatic rings. The Kier molecular flexibility index (Phi) is 3.95. The number of aryl methyl sites for hydroxylation is 1. The standard InChI is InChI=1S/C27H19F4NO3/c28-20-8-12-5-6-14(15-3-1-2-4-19(15)27(29,30)31)16(12)7-13(20)11-35-21-9-17-18(10-32-21)23-24-22(17)26(23,24)25(33)34/h1-4,7-10,14,22-24H,5-6,11H2,(H,33,34)/t14?,22?,23-,24+,26+/m0/s1. The lowest BCUT2D eigenvalue weighted by Crippen LogP contribution is -2.12. The van der Waals surface area contributed by atoms with Crippen molar-refractivity contribution in [2.24, 2.45) is 11.3 Å². The van der Waals surface area contributed by atoms with Gasteiger partial charge in [-0.05, 0) is 64.8 Å². The van der Waals surface area contributed by atoms with Gasteiger partial charge < -0.3 is 9.84 Å². The number of aliphatic carboxylic acids is 1. The summed E-state index contributed by atoms with van der Waals surface area (Å²) in [4.78, 5) is 15.9. The molecule has 2 saturated carbocycles. The molecule has 1 N–H and O–H groups in total. The Morgan fingerprint density at radius 2 is 1.86 bits per heavy atom. The quantitative estimate of drug-likeness (QED) is 0.469. The van der Waals surface area contributed by atoms with Crippen LogP contribution in [0.4, 0.5) is 17.6 Å². The van der Waals surface area contributed by atoms with Crippen LogP contribution in [0.1, 0.15) is 63.1 Å². The molecule has 0 radical (unpaired) electrons. The highest BCUT2D eigenvalue weighted by molar-refractivity contribution is 5.93. The van der Waals surface area contributed by atoms with Crippen LogP contribution in [0, 0.1) is 17.2 Å². The van der Waals surface area contributed by atoms with Crippen LogP contribution in [0.25, 0.3) is 0 Å². The highest BCUT2D eigenvalue weighted by Crippen LogP contribution is 2.96. The molecular formula is C27H19F4NO3. The van der Waals surface area contributed by atoms with Crippen molar-refractivity contribution in [3.8, 4) is 5.88 Å². The van der Waals surface area contributed by atoms with Crippen molar-refractivity contribution in [1.29, 1.82) is 0 Å². The number of aromatic nitrogens is 1. The maximum absolute atomic E-state index is 14.8. The Labute approximate surface area is 197 Å². The van der Waals surface area contributed by atoms with Gasteiger partial charge in [-0.3, -0.25) is 4.79 Å². The highest BCUT2D eigenvalue weighted by atomic mass is 19.4. The molecule has 5 aliphatic carbocycles. The number of nitrogens with zero attached hydrogens (tertiary/aromatic N) is 1. The van der Waals surface area contributed by atoms with Gasteiger partial charge >= 0.3 is 12.1 Å². The first-order valence-electron chi connectivity index (χ1n) is 11.6. The van der Waals surface area contributed by atoms with Gasteiger partial charge in [0, 0.05) is 35.6 Å². The first kappa shape index (κ1) is 20.9. The van der Waals surface area contributed by atoms with Crippen LogP contribution < -0.4 is 4.74 Å². The van der Waals surface area contributed by atoms with E-state index in [0.717, 1.165) is 17.2 Å². The van der Waals surface area contributed by atoms with E-state index in [9.17, 15) is 27.5 Å². The first-order valence-corrected chi connectivity index (χ1v) is 11.6. The Morgan fingerprint density at radius 1 is 1.09 bits per heavy atom. The summed E-state index contributed by atoms with van der Waals surface area (Å²) < 4.78 is 61.4. The molecule has 4 nitrogen and oxygen atoms in total. The van der Waals surface area contributed by atoms with Crippen LogP contribution in [0.3, 0.4) is 0 Å². The summed E-state index contributed by atoms with van der Waals surface area (Å²) in [6.45, 7) is -0.125. The maximum Gasteiger partial charge on any atom is 0.416 e. The Balaban J connectivity index is 1.15. The van der Waals surface area contributed by atoms with Gasteiger partial charge in [0.2, 0.25) is 5.88 Å². The summed E-state index contributed by atoms with van der Waals surface area (Å²) in [5, 5.41) is 9.55. The molecule has 178 valence electrons. The minimum atomic E-state index is -4.47. The van der Waals surface area contributed by atoms with Crippen molar-refractivity contribution >= 4 is 5.97 Å². The van der Waals surface area contributed by atoms with Crippen LogP contribution in [0.5, 0.6) is 5.88 Å². The number of carbonyl (C=O) groups is 1. The van der Waals surface area contributed by atoms with Crippen LogP contribution in [0.2, 0.25) is 0 Å². The Hall–Kier alpha value is -3.42. The summed E-state index contributed by atoms with van der Waals surface area (Å²) in [6, 6.07) is 10.3. The van der Waals surface area contributed by atoms with Gasteiger partial charge in [-0.25, -0.2) is 9.37 Å². The van der Waals surface area contributed by atoms with Crippen molar-refractivity contribution in [1.82, 2.24) is 4.98 Å². The molecule has 0 saturated heterocycles. The van der Waals surface area contributed by atoms with E-state index in [1.54, 1.807) is 24.4 Å². The molecule has 5 aliphatic rings. The summed E-state index contributed by atoms with van der Waals surface area (Å²) in [5.74, 6) is -1.19. The summed E-state index contributed by atoms with van der Waals surface area (Å²) >= 11 is 0. The van der Waals surface area contributed by atoms with Gasteiger partial charge in [-0.15, -0.1) is 0 Å². The molecule has 2 unspecified atom stereocenters. The van der Waals surface area contributed by atoms with Crippen molar-refractivity contribution < 1.29 is 32.2 Å². The molecule has 0 aliphatic heterocycles. The zero-order chi connectivity index (χ0) is 24.3. The van der Waals surface area contributed by atoms with Gasteiger partial charge in [0.05, 0.1) is 11.0 Å². The zero-order valence-corrected chi connectivity index (χ0v) is 18.3. The van der Waals surface area contributed by atoms with Crippen LogP contribution in [0.15, 0.2) is 48.7 Å². The van der Waals surface area contributed by atoms with Crippen LogP contribution in [-0.4, -0.2) is 16.1 Å². The third-order valence-corrected chi connectivity index (χ3v) is 8.47. The Bertz CT molecular complexity index is 1430. The number of halogens is 4. The second-order valence-electron chi connectivity index (χ2n) is 9.98. The van der Waals surface area contributed by atoms with Gasteiger partial charge in [-0.2, -0.15) is 13.2 Å². The van der Waals surface area contributed by atoms with E-state index in [-0.39, 0.29) is 41.4 Å². The van der Waals surface area contributed by atoms with Crippen LogP contribution >= 0.6 is 0 Å². The lowest BCUT2D eigenvalue weighted by molar-refractivity contribution is -0.141. The number of alkyl halides is 3. The number of benzene rings is 2. The number of fused-ring (bicyclic) bond motifs is 1. The minimum absolute atomic E-state index is 0.0107. The number of hydrogen-bond donors (Lipinski definition) is 1. The largest absolute Gasteiger partial charge is 0.481 e. The van der Waals surface area contributed by atoms with E-state index >= 15 is 0 Å². The molecule has 1 heterocycles. The summed E-state index contributed by atoms with van der Waals surface area (Å²) in [6.07, 6.45) is -1.82. The van der Waals surface area contributed by atoms with E-state index in [1.165, 1.54) is 18.2 Å². The Morgan fingerprint density at radius 3 is 2.60 bits per heavy atom. The molecule has 35 heavy (non-hydrogen) atoms. The summed E-state index contributed by atoms with van der Waals surface area (Å²) in [7, 11) is 0. The predicted molar refractivity (Wildman–Crippen MR) is 116 cm³/mol. The fourth-order valence-corrected chi connectivity index (χ4v) is 6.84. The number of rotatable bonds is 5. The molecule has 2 fully saturated rings. The monoisotopic (exact) mass is 481 g/mol. The fraction of sp³-hybridized carbons (Fsp3) is 0.333. The number of hydrogen-bond acceptors (Lipinski definition) is 3. The number of carboxylic acids is 1. The smallest absolute Gasteiger partial charge is 0.416 e. The average Bonchev–Trinajstić information content (AvgIpc) is 3.51. The lowest BCUT2D eigenvalue weighted by Gasteiger charge is -2.19. The molecule has 0 amide bonds. The normalized spacial score (nSPS) is 28.8. The number of pyridine rings is 1. The molecular weight excluding hydrogens is 462 g/mol. The van der Waals surface area contributed by atoms with E-state index in [4.69, 9.17) is 4.74 Å². The van der Waals surface area contributed by atoms with E-state index < -0.39 is 34.9 Å². The third-order valence-electron chi connectivity index (χ3n) is 8.47. The van der Waals surface area contributed by atoms with Crippen molar-refractivity contribution in [2.75, 3.05) is 0 Å².